The van der Waals surface area contributed by atoms with Gasteiger partial charge in [-0.1, -0.05) is 0 Å². The van der Waals surface area contributed by atoms with E-state index in [4.69, 9.17) is 17.0 Å². The number of hydrogen-bond donors (Lipinski definition) is 2. The second-order valence-corrected chi connectivity index (χ2v) is 5.43. The number of non-ortho nitro benzene ring substituents is 1. The van der Waals surface area contributed by atoms with Crippen molar-refractivity contribution < 1.29 is 9.66 Å². The number of hydrogen-bond acceptors (Lipinski definition) is 5. The zero-order valence-electron chi connectivity index (χ0n) is 13.7. The van der Waals surface area contributed by atoms with E-state index >= 15 is 0 Å². The minimum Gasteiger partial charge on any atom is -0.494 e. The molecule has 2 rings (SSSR count). The molecule has 0 fully saturated rings. The average molecular weight is 349 g/mol. The van der Waals surface area contributed by atoms with E-state index in [0.29, 0.717) is 23.1 Å². The molecule has 8 nitrogen and oxygen atoms in total. The first kappa shape index (κ1) is 17.7. The first-order valence-corrected chi connectivity index (χ1v) is 7.75. The molecule has 0 unspecified atom stereocenters. The molecule has 2 N–H and O–H groups in total. The Balaban J connectivity index is 2.01. The van der Waals surface area contributed by atoms with Crippen molar-refractivity contribution in [3.05, 3.63) is 45.8 Å². The van der Waals surface area contributed by atoms with Crippen LogP contribution in [0.25, 0.3) is 0 Å². The second-order valence-electron chi connectivity index (χ2n) is 5.02. The number of ether oxygens (including phenoxy) is 1. The van der Waals surface area contributed by atoms with Crippen LogP contribution in [0, 0.1) is 17.0 Å². The number of benzene rings is 1. The highest BCUT2D eigenvalue weighted by Gasteiger charge is 2.12. The highest BCUT2D eigenvalue weighted by molar-refractivity contribution is 7.80. The van der Waals surface area contributed by atoms with Crippen LogP contribution in [-0.4, -0.2) is 26.9 Å². The van der Waals surface area contributed by atoms with Crippen molar-refractivity contribution in [3.8, 4) is 5.75 Å². The van der Waals surface area contributed by atoms with Crippen molar-refractivity contribution in [2.24, 2.45) is 0 Å². The van der Waals surface area contributed by atoms with Gasteiger partial charge in [0.15, 0.2) is 5.11 Å². The van der Waals surface area contributed by atoms with E-state index in [2.05, 4.69) is 15.7 Å². The zero-order valence-corrected chi connectivity index (χ0v) is 14.5. The van der Waals surface area contributed by atoms with Gasteiger partial charge >= 0.3 is 0 Å². The molecule has 0 atom stereocenters. The SMILES string of the molecule is CCn1ncc(CNC(=S)Nc2ccc([N+](=O)[O-])cc2OC)c1C. The number of anilines is 1. The van der Waals surface area contributed by atoms with E-state index in [0.717, 1.165) is 17.8 Å². The Labute approximate surface area is 145 Å². The maximum absolute atomic E-state index is 10.8. The van der Waals surface area contributed by atoms with E-state index < -0.39 is 4.92 Å². The van der Waals surface area contributed by atoms with Gasteiger partial charge in [-0.15, -0.1) is 0 Å². The minimum absolute atomic E-state index is 0.0427. The first-order chi connectivity index (χ1) is 11.5. The van der Waals surface area contributed by atoms with Crippen LogP contribution in [0.1, 0.15) is 18.2 Å². The van der Waals surface area contributed by atoms with E-state index in [9.17, 15) is 10.1 Å². The minimum atomic E-state index is -0.475. The van der Waals surface area contributed by atoms with Gasteiger partial charge in [-0.3, -0.25) is 14.8 Å². The van der Waals surface area contributed by atoms with Crippen molar-refractivity contribution in [3.63, 3.8) is 0 Å². The molecule has 0 aliphatic heterocycles. The third kappa shape index (κ3) is 3.99. The molecule has 0 aliphatic carbocycles. The lowest BCUT2D eigenvalue weighted by molar-refractivity contribution is -0.384. The topological polar surface area (TPSA) is 94.2 Å². The molecule has 1 aromatic heterocycles. The summed E-state index contributed by atoms with van der Waals surface area (Å²) in [5.74, 6) is 0.350. The fourth-order valence-corrected chi connectivity index (χ4v) is 2.40. The van der Waals surface area contributed by atoms with E-state index in [1.165, 1.54) is 19.2 Å². The van der Waals surface area contributed by atoms with Crippen molar-refractivity contribution in [1.29, 1.82) is 0 Å². The van der Waals surface area contributed by atoms with Crippen molar-refractivity contribution >= 4 is 28.7 Å². The summed E-state index contributed by atoms with van der Waals surface area (Å²) in [5.41, 5.74) is 2.65. The summed E-state index contributed by atoms with van der Waals surface area (Å²) in [6.45, 7) is 5.38. The quantitative estimate of drug-likeness (QED) is 0.470. The zero-order chi connectivity index (χ0) is 17.7. The second kappa shape index (κ2) is 7.73. The smallest absolute Gasteiger partial charge is 0.273 e. The van der Waals surface area contributed by atoms with Crippen LogP contribution in [0.3, 0.4) is 0 Å². The third-order valence-corrected chi connectivity index (χ3v) is 3.83. The van der Waals surface area contributed by atoms with E-state index in [1.807, 2.05) is 18.5 Å². The Hall–Kier alpha value is -2.68. The predicted molar refractivity (Wildman–Crippen MR) is 95.3 cm³/mol. The van der Waals surface area contributed by atoms with E-state index in [1.54, 1.807) is 12.3 Å². The summed E-state index contributed by atoms with van der Waals surface area (Å²) in [6.07, 6.45) is 1.81. The predicted octanol–water partition coefficient (Wildman–Crippen LogP) is 2.61. The molecule has 128 valence electrons. The molecular weight excluding hydrogens is 330 g/mol. The third-order valence-electron chi connectivity index (χ3n) is 3.59. The standard InChI is InChI=1S/C15H19N5O3S/c1-4-19-10(2)11(9-17-19)8-16-15(24)18-13-6-5-12(20(21)22)7-14(13)23-3/h5-7,9H,4,8H2,1-3H3,(H2,16,18,24). The molecule has 2 aromatic rings. The maximum Gasteiger partial charge on any atom is 0.273 e. The molecule has 0 bridgehead atoms. The largest absolute Gasteiger partial charge is 0.494 e. The van der Waals surface area contributed by atoms with Crippen molar-refractivity contribution in [2.75, 3.05) is 12.4 Å². The number of nitro benzene ring substituents is 1. The van der Waals surface area contributed by atoms with Gasteiger partial charge in [0.1, 0.15) is 5.75 Å². The Kier molecular flexibility index (Phi) is 5.69. The number of nitro groups is 1. The molecular formula is C15H19N5O3S. The summed E-state index contributed by atoms with van der Waals surface area (Å²) >= 11 is 5.27. The Morgan fingerprint density at radius 3 is 2.83 bits per heavy atom. The number of methoxy groups -OCH3 is 1. The van der Waals surface area contributed by atoms with Crippen molar-refractivity contribution in [1.82, 2.24) is 15.1 Å². The molecule has 24 heavy (non-hydrogen) atoms. The van der Waals surface area contributed by atoms with E-state index in [-0.39, 0.29) is 5.69 Å². The maximum atomic E-state index is 10.8. The summed E-state index contributed by atoms with van der Waals surface area (Å²) in [7, 11) is 1.45. The molecule has 9 heteroatoms. The fourth-order valence-electron chi connectivity index (χ4n) is 2.22. The van der Waals surface area contributed by atoms with Gasteiger partial charge in [0, 0.05) is 30.4 Å². The molecule has 0 amide bonds. The molecule has 0 aliphatic rings. The van der Waals surface area contributed by atoms with Crippen LogP contribution >= 0.6 is 12.2 Å². The molecule has 0 spiro atoms. The summed E-state index contributed by atoms with van der Waals surface area (Å²) in [6, 6.07) is 4.30. The number of aryl methyl sites for hydroxylation is 1. The summed E-state index contributed by atoms with van der Waals surface area (Å²) < 4.78 is 7.08. The van der Waals surface area contributed by atoms with Gasteiger partial charge in [-0.05, 0) is 32.1 Å². The molecule has 0 saturated carbocycles. The lowest BCUT2D eigenvalue weighted by atomic mass is 10.2. The highest BCUT2D eigenvalue weighted by atomic mass is 32.1. The highest BCUT2D eigenvalue weighted by Crippen LogP contribution is 2.28. The average Bonchev–Trinajstić information content (AvgIpc) is 2.93. The Morgan fingerprint density at radius 2 is 2.25 bits per heavy atom. The van der Waals surface area contributed by atoms with Gasteiger partial charge in [0.05, 0.1) is 30.0 Å². The first-order valence-electron chi connectivity index (χ1n) is 7.34. The molecule has 1 aromatic carbocycles. The fraction of sp³-hybridized carbons (Fsp3) is 0.333. The normalized spacial score (nSPS) is 10.3. The Bertz CT molecular complexity index is 760. The van der Waals surface area contributed by atoms with Crippen molar-refractivity contribution in [2.45, 2.75) is 26.9 Å². The van der Waals surface area contributed by atoms with Crippen LogP contribution < -0.4 is 15.4 Å². The van der Waals surface area contributed by atoms with Crippen LogP contribution in [0.5, 0.6) is 5.75 Å². The van der Waals surface area contributed by atoms with Crippen LogP contribution in [0.4, 0.5) is 11.4 Å². The summed E-state index contributed by atoms with van der Waals surface area (Å²) in [4.78, 5) is 10.3. The van der Waals surface area contributed by atoms with Gasteiger partial charge in [-0.2, -0.15) is 5.10 Å². The molecule has 1 heterocycles. The van der Waals surface area contributed by atoms with Gasteiger partial charge in [0.25, 0.3) is 5.69 Å². The number of rotatable bonds is 6. The lowest BCUT2D eigenvalue weighted by Gasteiger charge is -2.13. The summed E-state index contributed by atoms with van der Waals surface area (Å²) in [5, 5.41) is 21.6. The lowest BCUT2D eigenvalue weighted by Crippen LogP contribution is -2.28. The van der Waals surface area contributed by atoms with Crippen LogP contribution in [0.2, 0.25) is 0 Å². The number of thiocarbonyl (C=S) groups is 1. The molecule has 0 radical (unpaired) electrons. The number of nitrogens with zero attached hydrogens (tertiary/aromatic N) is 3. The van der Waals surface area contributed by atoms with Gasteiger partial charge in [-0.25, -0.2) is 0 Å². The molecule has 0 saturated heterocycles. The number of aromatic nitrogens is 2. The van der Waals surface area contributed by atoms with Gasteiger partial charge in [0.2, 0.25) is 0 Å². The van der Waals surface area contributed by atoms with Crippen LogP contribution in [-0.2, 0) is 13.1 Å². The monoisotopic (exact) mass is 349 g/mol. The van der Waals surface area contributed by atoms with Gasteiger partial charge < -0.3 is 15.4 Å². The Morgan fingerprint density at radius 1 is 1.50 bits per heavy atom. The number of nitrogens with one attached hydrogen (secondary N) is 2. The van der Waals surface area contributed by atoms with Crippen LogP contribution in [0.15, 0.2) is 24.4 Å².